The van der Waals surface area contributed by atoms with Crippen LogP contribution in [-0.4, -0.2) is 22.1 Å². The first-order chi connectivity index (χ1) is 11.5. The van der Waals surface area contributed by atoms with E-state index in [9.17, 15) is 9.59 Å². The van der Waals surface area contributed by atoms with Crippen molar-refractivity contribution in [2.75, 3.05) is 11.9 Å². The summed E-state index contributed by atoms with van der Waals surface area (Å²) in [5.41, 5.74) is 2.63. The number of aryl methyl sites for hydroxylation is 1. The zero-order chi connectivity index (χ0) is 17.5. The summed E-state index contributed by atoms with van der Waals surface area (Å²) in [5.74, 6) is 0.457. The average Bonchev–Trinajstić information content (AvgIpc) is 2.56. The van der Waals surface area contributed by atoms with E-state index in [1.54, 1.807) is 0 Å². The van der Waals surface area contributed by atoms with Gasteiger partial charge in [-0.3, -0.25) is 9.36 Å². The fourth-order valence-corrected chi connectivity index (χ4v) is 2.24. The van der Waals surface area contributed by atoms with Crippen molar-refractivity contribution >= 4 is 11.7 Å². The molecule has 6 nitrogen and oxygen atoms in total. The standard InChI is InChI=1S/C18H24N4O2/c1-4-15-11-17(23)22(12-20-15)10-9-19-18(24)21-16-7-5-14(6-8-16)13(2)3/h5-8,11-13H,4,9-10H2,1-3H3,(H2,19,21,24). The molecule has 0 atom stereocenters. The molecule has 0 fully saturated rings. The van der Waals surface area contributed by atoms with E-state index in [1.165, 1.54) is 22.5 Å². The Morgan fingerprint density at radius 2 is 1.96 bits per heavy atom. The highest BCUT2D eigenvalue weighted by molar-refractivity contribution is 5.89. The van der Waals surface area contributed by atoms with Gasteiger partial charge in [0.05, 0.1) is 6.33 Å². The number of rotatable bonds is 6. The third-order valence-electron chi connectivity index (χ3n) is 3.77. The zero-order valence-corrected chi connectivity index (χ0v) is 14.4. The van der Waals surface area contributed by atoms with E-state index in [0.717, 1.165) is 17.8 Å². The smallest absolute Gasteiger partial charge is 0.319 e. The van der Waals surface area contributed by atoms with Gasteiger partial charge in [0.2, 0.25) is 0 Å². The van der Waals surface area contributed by atoms with E-state index in [2.05, 4.69) is 29.5 Å². The first kappa shape index (κ1) is 17.7. The molecule has 0 saturated heterocycles. The van der Waals surface area contributed by atoms with Crippen molar-refractivity contribution in [3.63, 3.8) is 0 Å². The maximum atomic E-state index is 11.9. The SMILES string of the molecule is CCc1cc(=O)n(CCNC(=O)Nc2ccc(C(C)C)cc2)cn1. The van der Waals surface area contributed by atoms with E-state index in [4.69, 9.17) is 0 Å². The van der Waals surface area contributed by atoms with Gasteiger partial charge in [-0.15, -0.1) is 0 Å². The lowest BCUT2D eigenvalue weighted by Crippen LogP contribution is -2.33. The molecule has 0 aliphatic rings. The number of urea groups is 1. The minimum absolute atomic E-state index is 0.103. The molecule has 2 amide bonds. The summed E-state index contributed by atoms with van der Waals surface area (Å²) in [6.45, 7) is 6.93. The van der Waals surface area contributed by atoms with Crippen LogP contribution in [0.25, 0.3) is 0 Å². The number of carbonyl (C=O) groups excluding carboxylic acids is 1. The molecule has 0 aliphatic carbocycles. The normalized spacial score (nSPS) is 10.7. The predicted molar refractivity (Wildman–Crippen MR) is 95.4 cm³/mol. The highest BCUT2D eigenvalue weighted by atomic mass is 16.2. The van der Waals surface area contributed by atoms with E-state index in [0.29, 0.717) is 19.0 Å². The van der Waals surface area contributed by atoms with Crippen LogP contribution in [0.3, 0.4) is 0 Å². The van der Waals surface area contributed by atoms with Gasteiger partial charge >= 0.3 is 6.03 Å². The summed E-state index contributed by atoms with van der Waals surface area (Å²) in [5, 5.41) is 5.51. The van der Waals surface area contributed by atoms with Crippen molar-refractivity contribution in [1.29, 1.82) is 0 Å². The molecule has 128 valence electrons. The Morgan fingerprint density at radius 3 is 2.54 bits per heavy atom. The van der Waals surface area contributed by atoms with E-state index in [1.807, 2.05) is 31.2 Å². The van der Waals surface area contributed by atoms with E-state index in [-0.39, 0.29) is 11.6 Å². The lowest BCUT2D eigenvalue weighted by Gasteiger charge is -2.10. The molecule has 2 N–H and O–H groups in total. The number of nitrogens with zero attached hydrogens (tertiary/aromatic N) is 2. The number of carbonyl (C=O) groups is 1. The second-order valence-corrected chi connectivity index (χ2v) is 5.92. The third kappa shape index (κ3) is 4.94. The number of aromatic nitrogens is 2. The van der Waals surface area contributed by atoms with Crippen LogP contribution in [0.1, 0.15) is 37.9 Å². The highest BCUT2D eigenvalue weighted by Crippen LogP contribution is 2.16. The molecule has 2 aromatic rings. The number of hydrogen-bond donors (Lipinski definition) is 2. The van der Waals surface area contributed by atoms with Gasteiger partial charge < -0.3 is 10.6 Å². The van der Waals surface area contributed by atoms with Crippen LogP contribution < -0.4 is 16.2 Å². The summed E-state index contributed by atoms with van der Waals surface area (Å²) in [6, 6.07) is 9.00. The Kier molecular flexibility index (Phi) is 6.12. The molecule has 0 unspecified atom stereocenters. The molecular formula is C18H24N4O2. The van der Waals surface area contributed by atoms with Gasteiger partial charge in [0.25, 0.3) is 5.56 Å². The molecule has 0 spiro atoms. The number of anilines is 1. The van der Waals surface area contributed by atoms with Crippen LogP contribution in [0.15, 0.2) is 41.5 Å². The molecule has 1 aromatic heterocycles. The van der Waals surface area contributed by atoms with Gasteiger partial charge in [-0.05, 0) is 30.0 Å². The van der Waals surface area contributed by atoms with Crippen molar-refractivity contribution < 1.29 is 4.79 Å². The molecule has 1 aromatic carbocycles. The Balaban J connectivity index is 1.82. The maximum absolute atomic E-state index is 11.9. The van der Waals surface area contributed by atoms with Crippen molar-refractivity contribution in [3.05, 3.63) is 58.3 Å². The maximum Gasteiger partial charge on any atom is 0.319 e. The van der Waals surface area contributed by atoms with Gasteiger partial charge in [-0.25, -0.2) is 9.78 Å². The summed E-state index contributed by atoms with van der Waals surface area (Å²) in [4.78, 5) is 27.9. The molecule has 1 heterocycles. The van der Waals surface area contributed by atoms with Crippen LogP contribution in [0.2, 0.25) is 0 Å². The summed E-state index contributed by atoms with van der Waals surface area (Å²) in [7, 11) is 0. The van der Waals surface area contributed by atoms with Crippen LogP contribution in [-0.2, 0) is 13.0 Å². The van der Waals surface area contributed by atoms with Gasteiger partial charge in [-0.1, -0.05) is 32.9 Å². The number of benzene rings is 1. The van der Waals surface area contributed by atoms with Gasteiger partial charge in [-0.2, -0.15) is 0 Å². The van der Waals surface area contributed by atoms with Gasteiger partial charge in [0, 0.05) is 30.5 Å². The molecule has 0 radical (unpaired) electrons. The molecule has 6 heteroatoms. The summed E-state index contributed by atoms with van der Waals surface area (Å²) >= 11 is 0. The highest BCUT2D eigenvalue weighted by Gasteiger charge is 2.04. The number of amides is 2. The van der Waals surface area contributed by atoms with Gasteiger partial charge in [0.1, 0.15) is 0 Å². The van der Waals surface area contributed by atoms with Crippen molar-refractivity contribution in [2.24, 2.45) is 0 Å². The molecule has 2 rings (SSSR count). The van der Waals surface area contributed by atoms with Crippen LogP contribution in [0, 0.1) is 0 Å². The first-order valence-electron chi connectivity index (χ1n) is 8.19. The number of hydrogen-bond acceptors (Lipinski definition) is 3. The molecule has 24 heavy (non-hydrogen) atoms. The monoisotopic (exact) mass is 328 g/mol. The average molecular weight is 328 g/mol. The fraction of sp³-hybridized carbons (Fsp3) is 0.389. The third-order valence-corrected chi connectivity index (χ3v) is 3.77. The minimum atomic E-state index is -0.293. The Labute approximate surface area is 141 Å². The van der Waals surface area contributed by atoms with Crippen molar-refractivity contribution in [1.82, 2.24) is 14.9 Å². The Morgan fingerprint density at radius 1 is 1.25 bits per heavy atom. The predicted octanol–water partition coefficient (Wildman–Crippen LogP) is 2.75. The minimum Gasteiger partial charge on any atom is -0.336 e. The van der Waals surface area contributed by atoms with E-state index >= 15 is 0 Å². The molecular weight excluding hydrogens is 304 g/mol. The largest absolute Gasteiger partial charge is 0.336 e. The van der Waals surface area contributed by atoms with Crippen LogP contribution >= 0.6 is 0 Å². The summed E-state index contributed by atoms with van der Waals surface area (Å²) < 4.78 is 1.48. The Bertz CT molecular complexity index is 735. The summed E-state index contributed by atoms with van der Waals surface area (Å²) in [6.07, 6.45) is 2.25. The van der Waals surface area contributed by atoms with E-state index < -0.39 is 0 Å². The Hall–Kier alpha value is -2.63. The molecule has 0 saturated carbocycles. The second-order valence-electron chi connectivity index (χ2n) is 5.92. The lowest BCUT2D eigenvalue weighted by atomic mass is 10.0. The van der Waals surface area contributed by atoms with Crippen LogP contribution in [0.5, 0.6) is 0 Å². The van der Waals surface area contributed by atoms with Crippen molar-refractivity contribution in [2.45, 2.75) is 39.7 Å². The van der Waals surface area contributed by atoms with Crippen LogP contribution in [0.4, 0.5) is 10.5 Å². The second kappa shape index (κ2) is 8.29. The first-order valence-corrected chi connectivity index (χ1v) is 8.19. The fourth-order valence-electron chi connectivity index (χ4n) is 2.24. The van der Waals surface area contributed by atoms with Crippen molar-refractivity contribution in [3.8, 4) is 0 Å². The zero-order valence-electron chi connectivity index (χ0n) is 14.4. The lowest BCUT2D eigenvalue weighted by molar-refractivity contribution is 0.251. The topological polar surface area (TPSA) is 76.0 Å². The quantitative estimate of drug-likeness (QED) is 0.856. The molecule has 0 aliphatic heterocycles. The van der Waals surface area contributed by atoms with Gasteiger partial charge in [0.15, 0.2) is 0 Å². The molecule has 0 bridgehead atoms. The number of nitrogens with one attached hydrogen (secondary N) is 2.